The van der Waals surface area contributed by atoms with Gasteiger partial charge in [0.1, 0.15) is 12.0 Å². The van der Waals surface area contributed by atoms with Gasteiger partial charge in [0, 0.05) is 0 Å². The molecule has 7 heteroatoms. The molecule has 1 aromatic rings. The maximum Gasteiger partial charge on any atom is 0.355 e. The third-order valence-corrected chi connectivity index (χ3v) is 4.27. The number of nitrogens with zero attached hydrogens (tertiary/aromatic N) is 2. The Morgan fingerprint density at radius 2 is 1.83 bits per heavy atom. The number of hydrazone groups is 1. The number of hydrogen-bond donors (Lipinski definition) is 1. The first kappa shape index (κ1) is 16.2. The molecule has 2 aliphatic heterocycles. The van der Waals surface area contributed by atoms with Crippen LogP contribution in [-0.2, 0) is 19.1 Å². The lowest BCUT2D eigenvalue weighted by Crippen LogP contribution is -2.37. The van der Waals surface area contributed by atoms with E-state index in [9.17, 15) is 14.4 Å². The number of benzene rings is 1. The van der Waals surface area contributed by atoms with Crippen LogP contribution < -0.4 is 10.3 Å². The predicted molar refractivity (Wildman–Crippen MR) is 87.6 cm³/mol. The molecule has 0 aliphatic carbocycles. The molecule has 1 N–H and O–H groups in total. The van der Waals surface area contributed by atoms with Crippen LogP contribution in [0.15, 0.2) is 17.2 Å². The van der Waals surface area contributed by atoms with Gasteiger partial charge in [0.2, 0.25) is 5.91 Å². The van der Waals surface area contributed by atoms with E-state index in [-0.39, 0.29) is 12.3 Å². The van der Waals surface area contributed by atoms with E-state index in [0.29, 0.717) is 5.69 Å². The van der Waals surface area contributed by atoms with Crippen molar-refractivity contribution in [3.63, 3.8) is 0 Å². The number of ether oxygens (including phenoxy) is 1. The van der Waals surface area contributed by atoms with Crippen LogP contribution in [0.2, 0.25) is 0 Å². The van der Waals surface area contributed by atoms with Crippen molar-refractivity contribution in [1.82, 2.24) is 5.43 Å². The molecule has 24 heavy (non-hydrogen) atoms. The van der Waals surface area contributed by atoms with Gasteiger partial charge in [-0.05, 0) is 38.8 Å². The van der Waals surface area contributed by atoms with E-state index in [1.807, 2.05) is 32.9 Å². The zero-order valence-corrected chi connectivity index (χ0v) is 14.0. The standard InChI is InChI=1S/C17H19N3O4/c1-5-24-17(23)13-11-12(18-19-13)16(22)20(15(11)21)14-9(3)6-8(2)7-10(14)4/h6-7,11-12,18H,5H2,1-4H3/t11-,12-/m0/s1. The number of carbonyl (C=O) groups excluding carboxylic acids is 3. The van der Waals surface area contributed by atoms with Crippen LogP contribution >= 0.6 is 0 Å². The first-order chi connectivity index (χ1) is 11.4. The highest BCUT2D eigenvalue weighted by Gasteiger charge is 2.56. The number of esters is 1. The van der Waals surface area contributed by atoms with Crippen LogP contribution in [0.5, 0.6) is 0 Å². The Morgan fingerprint density at radius 1 is 1.21 bits per heavy atom. The molecule has 0 saturated carbocycles. The second-order valence-electron chi connectivity index (χ2n) is 6.06. The molecule has 2 amide bonds. The van der Waals surface area contributed by atoms with E-state index in [1.54, 1.807) is 6.92 Å². The van der Waals surface area contributed by atoms with Crippen molar-refractivity contribution in [2.75, 3.05) is 11.5 Å². The van der Waals surface area contributed by atoms with Gasteiger partial charge in [-0.15, -0.1) is 0 Å². The number of anilines is 1. The number of fused-ring (bicyclic) bond motifs is 1. The van der Waals surface area contributed by atoms with Crippen LogP contribution in [0.4, 0.5) is 5.69 Å². The molecule has 1 fully saturated rings. The summed E-state index contributed by atoms with van der Waals surface area (Å²) < 4.78 is 4.93. The summed E-state index contributed by atoms with van der Waals surface area (Å²) in [6.45, 7) is 7.53. The Balaban J connectivity index is 2.00. The first-order valence-corrected chi connectivity index (χ1v) is 7.82. The smallest absolute Gasteiger partial charge is 0.355 e. The van der Waals surface area contributed by atoms with Crippen molar-refractivity contribution in [3.8, 4) is 0 Å². The highest BCUT2D eigenvalue weighted by Crippen LogP contribution is 2.35. The van der Waals surface area contributed by atoms with Gasteiger partial charge in [0.25, 0.3) is 5.91 Å². The third-order valence-electron chi connectivity index (χ3n) is 4.27. The average Bonchev–Trinajstić information content (AvgIpc) is 3.02. The van der Waals surface area contributed by atoms with Crippen LogP contribution in [0, 0.1) is 26.7 Å². The molecule has 126 valence electrons. The van der Waals surface area contributed by atoms with Crippen LogP contribution in [-0.4, -0.2) is 36.1 Å². The van der Waals surface area contributed by atoms with Crippen molar-refractivity contribution >= 4 is 29.2 Å². The monoisotopic (exact) mass is 329 g/mol. The van der Waals surface area contributed by atoms with Crippen molar-refractivity contribution in [3.05, 3.63) is 28.8 Å². The Hall–Kier alpha value is -2.70. The number of carbonyl (C=O) groups is 3. The summed E-state index contributed by atoms with van der Waals surface area (Å²) in [5.74, 6) is -2.45. The lowest BCUT2D eigenvalue weighted by molar-refractivity contribution is -0.136. The number of imide groups is 1. The predicted octanol–water partition coefficient (Wildman–Crippen LogP) is 0.992. The summed E-state index contributed by atoms with van der Waals surface area (Å²) in [5.41, 5.74) is 5.88. The van der Waals surface area contributed by atoms with Gasteiger partial charge in [-0.3, -0.25) is 15.0 Å². The molecule has 2 heterocycles. The Labute approximate surface area is 139 Å². The number of rotatable bonds is 3. The zero-order valence-electron chi connectivity index (χ0n) is 14.0. The maximum absolute atomic E-state index is 12.9. The molecule has 7 nitrogen and oxygen atoms in total. The molecule has 0 bridgehead atoms. The van der Waals surface area contributed by atoms with Crippen molar-refractivity contribution in [2.45, 2.75) is 33.7 Å². The second kappa shape index (κ2) is 5.74. The topological polar surface area (TPSA) is 88.1 Å². The van der Waals surface area contributed by atoms with Crippen LogP contribution in [0.1, 0.15) is 23.6 Å². The quantitative estimate of drug-likeness (QED) is 0.660. The highest BCUT2D eigenvalue weighted by molar-refractivity contribution is 6.46. The minimum atomic E-state index is -0.934. The Kier molecular flexibility index (Phi) is 3.87. The third kappa shape index (κ3) is 2.28. The minimum Gasteiger partial charge on any atom is -0.461 e. The number of aryl methyl sites for hydroxylation is 3. The summed E-state index contributed by atoms with van der Waals surface area (Å²) in [7, 11) is 0. The number of hydrogen-bond acceptors (Lipinski definition) is 6. The van der Waals surface area contributed by atoms with E-state index < -0.39 is 29.7 Å². The first-order valence-electron chi connectivity index (χ1n) is 7.82. The van der Waals surface area contributed by atoms with E-state index in [1.165, 1.54) is 4.90 Å². The highest BCUT2D eigenvalue weighted by atomic mass is 16.5. The van der Waals surface area contributed by atoms with Crippen molar-refractivity contribution in [1.29, 1.82) is 0 Å². The van der Waals surface area contributed by atoms with E-state index in [4.69, 9.17) is 4.74 Å². The molecule has 2 atom stereocenters. The van der Waals surface area contributed by atoms with Crippen molar-refractivity contribution < 1.29 is 19.1 Å². The molecule has 0 aromatic heterocycles. The van der Waals surface area contributed by atoms with Crippen LogP contribution in [0.25, 0.3) is 0 Å². The van der Waals surface area contributed by atoms with Gasteiger partial charge in [0.15, 0.2) is 5.71 Å². The summed E-state index contributed by atoms with van der Waals surface area (Å²) >= 11 is 0. The Bertz CT molecular complexity index is 761. The second-order valence-corrected chi connectivity index (χ2v) is 6.06. The van der Waals surface area contributed by atoms with Crippen molar-refractivity contribution in [2.24, 2.45) is 11.0 Å². The molecule has 1 aromatic carbocycles. The van der Waals surface area contributed by atoms with E-state index in [0.717, 1.165) is 16.7 Å². The van der Waals surface area contributed by atoms with Gasteiger partial charge in [-0.1, -0.05) is 17.7 Å². The lowest BCUT2D eigenvalue weighted by atomic mass is 9.99. The van der Waals surface area contributed by atoms with Gasteiger partial charge >= 0.3 is 5.97 Å². The average molecular weight is 329 g/mol. The summed E-state index contributed by atoms with van der Waals surface area (Å²) in [6, 6.07) is 2.99. The fourth-order valence-electron chi connectivity index (χ4n) is 3.41. The largest absolute Gasteiger partial charge is 0.461 e. The Morgan fingerprint density at radius 3 is 2.42 bits per heavy atom. The maximum atomic E-state index is 12.9. The lowest BCUT2D eigenvalue weighted by Gasteiger charge is -2.21. The van der Waals surface area contributed by atoms with Gasteiger partial charge in [0.05, 0.1) is 12.3 Å². The number of amides is 2. The van der Waals surface area contributed by atoms with E-state index >= 15 is 0 Å². The SMILES string of the molecule is CCOC(=O)C1=NN[C@@H]2C(=O)N(c3c(C)cc(C)cc3C)C(=O)[C@H]12. The van der Waals surface area contributed by atoms with Gasteiger partial charge in [-0.25, -0.2) is 9.69 Å². The molecule has 3 rings (SSSR count). The molecule has 0 radical (unpaired) electrons. The minimum absolute atomic E-state index is 0.0369. The summed E-state index contributed by atoms with van der Waals surface area (Å²) in [4.78, 5) is 38.8. The molecule has 0 unspecified atom stereocenters. The fraction of sp³-hybridized carbons (Fsp3) is 0.412. The molecular formula is C17H19N3O4. The summed E-state index contributed by atoms with van der Waals surface area (Å²) in [5, 5.41) is 3.85. The summed E-state index contributed by atoms with van der Waals surface area (Å²) in [6.07, 6.45) is 0. The zero-order chi connectivity index (χ0) is 17.6. The fourth-order valence-corrected chi connectivity index (χ4v) is 3.41. The molecule has 2 aliphatic rings. The number of nitrogens with one attached hydrogen (secondary N) is 1. The molecule has 1 saturated heterocycles. The normalized spacial score (nSPS) is 22.3. The van der Waals surface area contributed by atoms with Crippen LogP contribution in [0.3, 0.4) is 0 Å². The van der Waals surface area contributed by atoms with Gasteiger partial charge < -0.3 is 4.74 Å². The molecule has 0 spiro atoms. The molecular weight excluding hydrogens is 310 g/mol. The van der Waals surface area contributed by atoms with Gasteiger partial charge in [-0.2, -0.15) is 5.10 Å². The van der Waals surface area contributed by atoms with E-state index in [2.05, 4.69) is 10.5 Å².